The zero-order valence-corrected chi connectivity index (χ0v) is 16.0. The number of fused-ring (bicyclic) bond motifs is 1. The molecule has 4 atom stereocenters. The van der Waals surface area contributed by atoms with Gasteiger partial charge < -0.3 is 15.0 Å². The second-order valence-corrected chi connectivity index (χ2v) is 7.53. The molecule has 1 aromatic carbocycles. The summed E-state index contributed by atoms with van der Waals surface area (Å²) >= 11 is 0. The number of ether oxygens (including phenoxy) is 1. The first-order valence-electron chi connectivity index (χ1n) is 9.50. The van der Waals surface area contributed by atoms with Gasteiger partial charge >= 0.3 is 5.97 Å². The van der Waals surface area contributed by atoms with Gasteiger partial charge in [0.2, 0.25) is 0 Å². The SMILES string of the molecule is CC(OC(=O)c1cc2ccccc2c(=O)[nH]1)C(=O)NC1CCCC(C)C1C. The minimum absolute atomic E-state index is 0.0398. The molecule has 1 aliphatic carbocycles. The fourth-order valence-electron chi connectivity index (χ4n) is 3.68. The molecule has 2 aromatic rings. The number of esters is 1. The third-order valence-electron chi connectivity index (χ3n) is 5.66. The lowest BCUT2D eigenvalue weighted by Crippen LogP contribution is -2.47. The van der Waals surface area contributed by atoms with E-state index in [2.05, 4.69) is 24.1 Å². The minimum atomic E-state index is -0.933. The number of carbonyl (C=O) groups is 2. The van der Waals surface area contributed by atoms with Gasteiger partial charge in [0.25, 0.3) is 11.5 Å². The van der Waals surface area contributed by atoms with Crippen molar-refractivity contribution in [1.29, 1.82) is 0 Å². The van der Waals surface area contributed by atoms with Gasteiger partial charge in [-0.05, 0) is 42.7 Å². The Hall–Kier alpha value is -2.63. The Morgan fingerprint density at radius 1 is 1.22 bits per heavy atom. The van der Waals surface area contributed by atoms with Gasteiger partial charge in [-0.1, -0.05) is 44.9 Å². The van der Waals surface area contributed by atoms with E-state index < -0.39 is 12.1 Å². The van der Waals surface area contributed by atoms with Crippen LogP contribution in [-0.2, 0) is 9.53 Å². The molecule has 6 nitrogen and oxygen atoms in total. The van der Waals surface area contributed by atoms with E-state index in [0.29, 0.717) is 22.6 Å². The van der Waals surface area contributed by atoms with E-state index >= 15 is 0 Å². The van der Waals surface area contributed by atoms with Gasteiger partial charge in [-0.15, -0.1) is 0 Å². The van der Waals surface area contributed by atoms with Crippen molar-refractivity contribution in [1.82, 2.24) is 10.3 Å². The Balaban J connectivity index is 1.66. The minimum Gasteiger partial charge on any atom is -0.448 e. The van der Waals surface area contributed by atoms with Crippen LogP contribution in [0.25, 0.3) is 10.8 Å². The molecule has 0 spiro atoms. The average Bonchev–Trinajstić information content (AvgIpc) is 2.65. The first-order chi connectivity index (χ1) is 12.9. The largest absolute Gasteiger partial charge is 0.448 e. The molecule has 3 rings (SSSR count). The zero-order chi connectivity index (χ0) is 19.6. The monoisotopic (exact) mass is 370 g/mol. The molecule has 1 aliphatic rings. The molecule has 1 heterocycles. The maximum absolute atomic E-state index is 12.4. The molecule has 144 valence electrons. The van der Waals surface area contributed by atoms with Gasteiger partial charge in [-0.2, -0.15) is 0 Å². The van der Waals surface area contributed by atoms with Crippen molar-refractivity contribution in [2.45, 2.75) is 52.2 Å². The molecule has 27 heavy (non-hydrogen) atoms. The highest BCUT2D eigenvalue weighted by molar-refractivity contribution is 5.94. The van der Waals surface area contributed by atoms with Crippen LogP contribution in [0.1, 0.15) is 50.5 Å². The summed E-state index contributed by atoms with van der Waals surface area (Å²) in [4.78, 5) is 39.5. The number of amides is 1. The average molecular weight is 370 g/mol. The van der Waals surface area contributed by atoms with E-state index in [1.807, 2.05) is 0 Å². The van der Waals surface area contributed by atoms with Gasteiger partial charge in [0.05, 0.1) is 0 Å². The third-order valence-corrected chi connectivity index (χ3v) is 5.66. The lowest BCUT2D eigenvalue weighted by molar-refractivity contribution is -0.130. The Kier molecular flexibility index (Phi) is 5.63. The van der Waals surface area contributed by atoms with Crippen LogP contribution in [0.3, 0.4) is 0 Å². The van der Waals surface area contributed by atoms with Gasteiger partial charge in [0.15, 0.2) is 6.10 Å². The van der Waals surface area contributed by atoms with Crippen LogP contribution in [0, 0.1) is 11.8 Å². The van der Waals surface area contributed by atoms with Crippen LogP contribution in [0.4, 0.5) is 0 Å². The van der Waals surface area contributed by atoms with Crippen molar-refractivity contribution in [3.63, 3.8) is 0 Å². The molecule has 6 heteroatoms. The highest BCUT2D eigenvalue weighted by Crippen LogP contribution is 2.29. The first kappa shape index (κ1) is 19.1. The Labute approximate surface area is 158 Å². The predicted octanol–water partition coefficient (Wildman–Crippen LogP) is 3.01. The highest BCUT2D eigenvalue weighted by atomic mass is 16.5. The number of H-pyrrole nitrogens is 1. The van der Waals surface area contributed by atoms with Crippen LogP contribution in [0.5, 0.6) is 0 Å². The van der Waals surface area contributed by atoms with E-state index in [9.17, 15) is 14.4 Å². The van der Waals surface area contributed by atoms with Crippen LogP contribution in [0.15, 0.2) is 35.1 Å². The molecular formula is C21H26N2O4. The van der Waals surface area contributed by atoms with Gasteiger partial charge in [-0.25, -0.2) is 4.79 Å². The number of hydrogen-bond donors (Lipinski definition) is 2. The third kappa shape index (κ3) is 4.21. The predicted molar refractivity (Wildman–Crippen MR) is 104 cm³/mol. The van der Waals surface area contributed by atoms with Gasteiger partial charge in [0, 0.05) is 11.4 Å². The zero-order valence-electron chi connectivity index (χ0n) is 16.0. The van der Waals surface area contributed by atoms with Crippen molar-refractivity contribution in [2.75, 3.05) is 0 Å². The smallest absolute Gasteiger partial charge is 0.355 e. The van der Waals surface area contributed by atoms with E-state index in [1.165, 1.54) is 6.42 Å². The molecule has 2 N–H and O–H groups in total. The second kappa shape index (κ2) is 7.94. The fourth-order valence-corrected chi connectivity index (χ4v) is 3.68. The molecule has 1 fully saturated rings. The summed E-state index contributed by atoms with van der Waals surface area (Å²) in [5.74, 6) is -0.0741. The summed E-state index contributed by atoms with van der Waals surface area (Å²) in [6, 6.07) is 8.65. The summed E-state index contributed by atoms with van der Waals surface area (Å²) in [6.07, 6.45) is 2.27. The molecule has 0 radical (unpaired) electrons. The van der Waals surface area contributed by atoms with Crippen molar-refractivity contribution in [2.24, 2.45) is 11.8 Å². The molecular weight excluding hydrogens is 344 g/mol. The van der Waals surface area contributed by atoms with Crippen molar-refractivity contribution in [3.8, 4) is 0 Å². The summed E-state index contributed by atoms with van der Waals surface area (Å²) in [5.41, 5.74) is -0.319. The van der Waals surface area contributed by atoms with Gasteiger partial charge in [-0.3, -0.25) is 9.59 Å². The van der Waals surface area contributed by atoms with Crippen molar-refractivity contribution >= 4 is 22.6 Å². The Bertz CT molecular complexity index is 904. The summed E-state index contributed by atoms with van der Waals surface area (Å²) in [6.45, 7) is 5.89. The van der Waals surface area contributed by atoms with E-state index in [-0.39, 0.29) is 23.2 Å². The lowest BCUT2D eigenvalue weighted by atomic mass is 9.78. The van der Waals surface area contributed by atoms with Crippen LogP contribution < -0.4 is 10.9 Å². The summed E-state index contributed by atoms with van der Waals surface area (Å²) in [5, 5.41) is 4.16. The molecule has 1 aromatic heterocycles. The van der Waals surface area contributed by atoms with Crippen LogP contribution in [-0.4, -0.2) is 29.0 Å². The Morgan fingerprint density at radius 2 is 1.96 bits per heavy atom. The second-order valence-electron chi connectivity index (χ2n) is 7.53. The number of rotatable bonds is 4. The summed E-state index contributed by atoms with van der Waals surface area (Å²) in [7, 11) is 0. The molecule has 0 aliphatic heterocycles. The standard InChI is InChI=1S/C21H26N2O4/c1-12-7-6-10-17(13(12)2)22-19(24)14(3)27-21(26)18-11-15-8-4-5-9-16(15)20(25)23-18/h4-5,8-9,11-14,17H,6-7,10H2,1-3H3,(H,22,24)(H,23,25). The maximum Gasteiger partial charge on any atom is 0.355 e. The molecule has 1 amide bonds. The molecule has 4 unspecified atom stereocenters. The molecule has 1 saturated carbocycles. The number of hydrogen-bond acceptors (Lipinski definition) is 4. The maximum atomic E-state index is 12.4. The van der Waals surface area contributed by atoms with E-state index in [4.69, 9.17) is 4.74 Å². The fraction of sp³-hybridized carbons (Fsp3) is 0.476. The van der Waals surface area contributed by atoms with Crippen molar-refractivity contribution in [3.05, 3.63) is 46.4 Å². The number of aromatic nitrogens is 1. The molecule has 0 bridgehead atoms. The summed E-state index contributed by atoms with van der Waals surface area (Å²) < 4.78 is 5.28. The van der Waals surface area contributed by atoms with Crippen molar-refractivity contribution < 1.29 is 14.3 Å². The number of pyridine rings is 1. The van der Waals surface area contributed by atoms with Gasteiger partial charge in [0.1, 0.15) is 5.69 Å². The van der Waals surface area contributed by atoms with Crippen LogP contribution >= 0.6 is 0 Å². The normalized spacial score (nSPS) is 23.6. The van der Waals surface area contributed by atoms with E-state index in [1.54, 1.807) is 37.3 Å². The first-order valence-corrected chi connectivity index (χ1v) is 9.50. The number of benzene rings is 1. The quantitative estimate of drug-likeness (QED) is 0.810. The highest BCUT2D eigenvalue weighted by Gasteiger charge is 2.30. The number of nitrogens with one attached hydrogen (secondary N) is 2. The van der Waals surface area contributed by atoms with E-state index in [0.717, 1.165) is 12.8 Å². The lowest BCUT2D eigenvalue weighted by Gasteiger charge is -2.35. The number of carbonyl (C=O) groups excluding carboxylic acids is 2. The van der Waals surface area contributed by atoms with Crippen LogP contribution in [0.2, 0.25) is 0 Å². The Morgan fingerprint density at radius 3 is 2.74 bits per heavy atom. The number of aromatic amines is 1. The topological polar surface area (TPSA) is 88.3 Å². The molecule has 0 saturated heterocycles.